The number of Topliss-reactive ketones (excluding diaryl/α,β-unsaturated/α-hetero) is 1. The Hall–Kier alpha value is -1.75. The summed E-state index contributed by atoms with van der Waals surface area (Å²) in [5.41, 5.74) is 1.26. The zero-order chi connectivity index (χ0) is 13.7. The number of carbonyl (C=O) groups excluding carboxylic acids is 2. The van der Waals surface area contributed by atoms with Crippen LogP contribution in [0.2, 0.25) is 0 Å². The molecule has 100 valence electrons. The predicted octanol–water partition coefficient (Wildman–Crippen LogP) is 2.91. The molecule has 0 aliphatic carbocycles. The predicted molar refractivity (Wildman–Crippen MR) is 74.5 cm³/mol. The van der Waals surface area contributed by atoms with Crippen LogP contribution in [-0.2, 0) is 9.53 Å². The van der Waals surface area contributed by atoms with Gasteiger partial charge in [0.25, 0.3) is 0 Å². The van der Waals surface area contributed by atoms with Gasteiger partial charge in [-0.15, -0.1) is 11.8 Å². The molecule has 0 radical (unpaired) electrons. The quantitative estimate of drug-likeness (QED) is 0.600. The average Bonchev–Trinajstić information content (AvgIpc) is 2.82. The number of ether oxygens (including phenoxy) is 1. The minimum absolute atomic E-state index is 0.0424. The first-order valence-corrected chi connectivity index (χ1v) is 7.10. The third-order valence-electron chi connectivity index (χ3n) is 2.54. The zero-order valence-electron chi connectivity index (χ0n) is 10.5. The van der Waals surface area contributed by atoms with Crippen molar-refractivity contribution in [2.75, 3.05) is 18.1 Å². The largest absolute Gasteiger partial charge is 0.465 e. The van der Waals surface area contributed by atoms with Crippen LogP contribution in [0.5, 0.6) is 0 Å². The molecule has 0 amide bonds. The van der Waals surface area contributed by atoms with Gasteiger partial charge in [0, 0.05) is 5.39 Å². The second-order valence-corrected chi connectivity index (χ2v) is 4.85. The number of fused-ring (bicyclic) bond motifs is 1. The van der Waals surface area contributed by atoms with Crippen molar-refractivity contribution in [1.29, 1.82) is 0 Å². The Balaban J connectivity index is 1.95. The van der Waals surface area contributed by atoms with Gasteiger partial charge in [-0.05, 0) is 13.0 Å². The molecule has 2 aromatic rings. The Morgan fingerprint density at radius 1 is 1.26 bits per heavy atom. The Kier molecular flexibility index (Phi) is 4.63. The topological polar surface area (TPSA) is 56.5 Å². The first kappa shape index (κ1) is 13.7. The Labute approximate surface area is 115 Å². The van der Waals surface area contributed by atoms with Gasteiger partial charge in [0.2, 0.25) is 0 Å². The Morgan fingerprint density at radius 3 is 2.84 bits per heavy atom. The van der Waals surface area contributed by atoms with Crippen LogP contribution in [0.15, 0.2) is 34.9 Å². The molecule has 0 aliphatic heterocycles. The van der Waals surface area contributed by atoms with E-state index in [1.54, 1.807) is 6.92 Å². The van der Waals surface area contributed by atoms with Gasteiger partial charge < -0.3 is 9.15 Å². The highest BCUT2D eigenvalue weighted by Gasteiger charge is 2.14. The van der Waals surface area contributed by atoms with Crippen molar-refractivity contribution in [2.24, 2.45) is 0 Å². The highest BCUT2D eigenvalue weighted by molar-refractivity contribution is 8.00. The van der Waals surface area contributed by atoms with Crippen LogP contribution in [-0.4, -0.2) is 29.9 Å². The Morgan fingerprint density at radius 2 is 2.05 bits per heavy atom. The van der Waals surface area contributed by atoms with Crippen molar-refractivity contribution in [3.8, 4) is 0 Å². The van der Waals surface area contributed by atoms with Gasteiger partial charge in [0.05, 0.1) is 23.7 Å². The van der Waals surface area contributed by atoms with Gasteiger partial charge in [-0.2, -0.15) is 0 Å². The molecule has 5 heteroatoms. The van der Waals surface area contributed by atoms with Crippen molar-refractivity contribution < 1.29 is 18.7 Å². The number of para-hydroxylation sites is 1. The fourth-order valence-corrected chi connectivity index (χ4v) is 2.39. The summed E-state index contributed by atoms with van der Waals surface area (Å²) in [6.07, 6.45) is 1.47. The maximum Gasteiger partial charge on any atom is 0.315 e. The van der Waals surface area contributed by atoms with Gasteiger partial charge in [0.15, 0.2) is 5.78 Å². The monoisotopic (exact) mass is 278 g/mol. The lowest BCUT2D eigenvalue weighted by Gasteiger charge is -2.01. The highest BCUT2D eigenvalue weighted by Crippen LogP contribution is 2.22. The van der Waals surface area contributed by atoms with E-state index < -0.39 is 0 Å². The van der Waals surface area contributed by atoms with Crippen LogP contribution in [0.25, 0.3) is 11.0 Å². The summed E-state index contributed by atoms with van der Waals surface area (Å²) in [4.78, 5) is 23.2. The molecule has 0 saturated carbocycles. The maximum atomic E-state index is 12.0. The van der Waals surface area contributed by atoms with E-state index in [4.69, 9.17) is 9.15 Å². The molecule has 19 heavy (non-hydrogen) atoms. The number of ketones is 1. The van der Waals surface area contributed by atoms with Crippen LogP contribution in [0, 0.1) is 0 Å². The van der Waals surface area contributed by atoms with Crippen LogP contribution in [0.4, 0.5) is 0 Å². The highest BCUT2D eigenvalue weighted by atomic mass is 32.2. The van der Waals surface area contributed by atoms with E-state index in [2.05, 4.69) is 0 Å². The van der Waals surface area contributed by atoms with Crippen molar-refractivity contribution in [2.45, 2.75) is 6.92 Å². The maximum absolute atomic E-state index is 12.0. The molecule has 1 aromatic heterocycles. The standard InChI is InChI=1S/C14H14O4S/c1-2-17-14(16)9-19-8-12(15)11-7-18-13-6-4-3-5-10(11)13/h3-7H,2,8-9H2,1H3. The number of carbonyl (C=O) groups is 2. The molecule has 0 atom stereocenters. The summed E-state index contributed by atoms with van der Waals surface area (Å²) in [6, 6.07) is 7.38. The van der Waals surface area contributed by atoms with Gasteiger partial charge in [-0.25, -0.2) is 0 Å². The summed E-state index contributed by atoms with van der Waals surface area (Å²) >= 11 is 1.25. The van der Waals surface area contributed by atoms with Crippen LogP contribution < -0.4 is 0 Å². The van der Waals surface area contributed by atoms with Crippen LogP contribution in [0.1, 0.15) is 17.3 Å². The smallest absolute Gasteiger partial charge is 0.315 e. The van der Waals surface area contributed by atoms with Crippen molar-refractivity contribution >= 4 is 34.5 Å². The summed E-state index contributed by atoms with van der Waals surface area (Å²) in [5.74, 6) is 0.0918. The third-order valence-corrected chi connectivity index (χ3v) is 3.45. The van der Waals surface area contributed by atoms with Gasteiger partial charge in [-0.1, -0.05) is 18.2 Å². The summed E-state index contributed by atoms with van der Waals surface area (Å²) in [5, 5.41) is 0.809. The summed E-state index contributed by atoms with van der Waals surface area (Å²) < 4.78 is 10.1. The Bertz CT molecular complexity index is 588. The molecular formula is C14H14O4S. The molecule has 0 spiro atoms. The van der Waals surface area contributed by atoms with Crippen LogP contribution in [0.3, 0.4) is 0 Å². The molecule has 4 nitrogen and oxygen atoms in total. The number of esters is 1. The number of thioether (sulfide) groups is 1. The zero-order valence-corrected chi connectivity index (χ0v) is 11.4. The molecule has 0 fully saturated rings. The van der Waals surface area contributed by atoms with Crippen molar-refractivity contribution in [3.63, 3.8) is 0 Å². The summed E-state index contributed by atoms with van der Waals surface area (Å²) in [6.45, 7) is 2.12. The van der Waals surface area contributed by atoms with Crippen molar-refractivity contribution in [3.05, 3.63) is 36.1 Å². The molecule has 0 N–H and O–H groups in total. The van der Waals surface area contributed by atoms with E-state index in [-0.39, 0.29) is 23.3 Å². The number of hydrogen-bond donors (Lipinski definition) is 0. The van der Waals surface area contributed by atoms with E-state index in [0.29, 0.717) is 17.8 Å². The van der Waals surface area contributed by atoms with Gasteiger partial charge in [-0.3, -0.25) is 9.59 Å². The van der Waals surface area contributed by atoms with E-state index >= 15 is 0 Å². The number of benzene rings is 1. The number of rotatable bonds is 6. The van der Waals surface area contributed by atoms with E-state index in [0.717, 1.165) is 5.39 Å². The molecule has 1 heterocycles. The van der Waals surface area contributed by atoms with E-state index in [9.17, 15) is 9.59 Å². The lowest BCUT2D eigenvalue weighted by atomic mass is 10.1. The molecule has 0 saturated heterocycles. The van der Waals surface area contributed by atoms with Crippen LogP contribution >= 0.6 is 11.8 Å². The average molecular weight is 278 g/mol. The minimum atomic E-state index is -0.294. The van der Waals surface area contributed by atoms with E-state index in [1.165, 1.54) is 18.0 Å². The second-order valence-electron chi connectivity index (χ2n) is 3.87. The number of furan rings is 1. The van der Waals surface area contributed by atoms with E-state index in [1.807, 2.05) is 24.3 Å². The minimum Gasteiger partial charge on any atom is -0.465 e. The molecule has 0 aliphatic rings. The lowest BCUT2D eigenvalue weighted by molar-refractivity contribution is -0.139. The first-order valence-electron chi connectivity index (χ1n) is 5.95. The van der Waals surface area contributed by atoms with Gasteiger partial charge in [0.1, 0.15) is 11.8 Å². The van der Waals surface area contributed by atoms with Crippen molar-refractivity contribution in [1.82, 2.24) is 0 Å². The summed E-state index contributed by atoms with van der Waals surface area (Å²) in [7, 11) is 0. The molecule has 2 rings (SSSR count). The molecular weight excluding hydrogens is 264 g/mol. The fourth-order valence-electron chi connectivity index (χ4n) is 1.70. The molecule has 0 unspecified atom stereocenters. The fraction of sp³-hybridized carbons (Fsp3) is 0.286. The lowest BCUT2D eigenvalue weighted by Crippen LogP contribution is -2.09. The molecule has 1 aromatic carbocycles. The first-order chi connectivity index (χ1) is 9.22. The third kappa shape index (κ3) is 3.38. The van der Waals surface area contributed by atoms with Gasteiger partial charge >= 0.3 is 5.97 Å². The molecule has 0 bridgehead atoms. The SMILES string of the molecule is CCOC(=O)CSCC(=O)c1coc2ccccc12. The second kappa shape index (κ2) is 6.43. The normalized spacial score (nSPS) is 10.6. The number of hydrogen-bond acceptors (Lipinski definition) is 5.